The maximum absolute atomic E-state index is 15.4. The molecule has 8 aromatic carbocycles. The summed E-state index contributed by atoms with van der Waals surface area (Å²) in [6, 6.07) is 72.6. The van der Waals surface area contributed by atoms with E-state index in [0.717, 1.165) is 39.2 Å². The number of rotatable bonds is 8. The van der Waals surface area contributed by atoms with E-state index in [0.29, 0.717) is 0 Å². The molecule has 58 heavy (non-hydrogen) atoms. The maximum Gasteiger partial charge on any atom is 0.171 e. The predicted molar refractivity (Wildman–Crippen MR) is 242 cm³/mol. The summed E-state index contributed by atoms with van der Waals surface area (Å²) in [5.41, 5.74) is 12.0. The van der Waals surface area contributed by atoms with Crippen molar-refractivity contribution in [1.82, 2.24) is 0 Å². The molecule has 0 aromatic heterocycles. The molecule has 0 amide bonds. The lowest BCUT2D eigenvalue weighted by Gasteiger charge is -2.47. The largest absolute Gasteiger partial charge is 0.488 e. The van der Waals surface area contributed by atoms with Crippen molar-refractivity contribution in [2.75, 3.05) is 0 Å². The van der Waals surface area contributed by atoms with Gasteiger partial charge >= 0.3 is 0 Å². The van der Waals surface area contributed by atoms with Gasteiger partial charge in [-0.3, -0.25) is 0 Å². The third kappa shape index (κ3) is 5.81. The molecule has 0 fully saturated rings. The van der Waals surface area contributed by atoms with Gasteiger partial charge in [-0.1, -0.05) is 201 Å². The van der Waals surface area contributed by atoms with Crippen LogP contribution in [0.1, 0.15) is 54.4 Å². The molecule has 1 aliphatic carbocycles. The van der Waals surface area contributed by atoms with Crippen LogP contribution in [0.25, 0.3) is 33.4 Å². The van der Waals surface area contributed by atoms with Crippen LogP contribution in [0.5, 0.6) is 5.75 Å². The van der Waals surface area contributed by atoms with E-state index in [1.807, 2.05) is 66.7 Å². The van der Waals surface area contributed by atoms with Gasteiger partial charge in [0.25, 0.3) is 0 Å². The summed E-state index contributed by atoms with van der Waals surface area (Å²) >= 11 is 0. The minimum absolute atomic E-state index is 0.0912. The van der Waals surface area contributed by atoms with E-state index in [2.05, 4.69) is 153 Å². The van der Waals surface area contributed by atoms with E-state index < -0.39 is 12.6 Å². The monoisotopic (exact) mass is 768 g/mol. The lowest BCUT2D eigenvalue weighted by molar-refractivity contribution is 0.117. The average molecular weight is 769 g/mol. The van der Waals surface area contributed by atoms with Crippen molar-refractivity contribution >= 4 is 23.1 Å². The molecule has 0 spiro atoms. The van der Waals surface area contributed by atoms with Gasteiger partial charge in [0, 0.05) is 27.4 Å². The second-order valence-electron chi connectivity index (χ2n) is 15.9. The summed E-state index contributed by atoms with van der Waals surface area (Å²) < 4.78 is 22.6. The molecule has 4 atom stereocenters. The first-order valence-electron chi connectivity index (χ1n) is 20.5. The van der Waals surface area contributed by atoms with Crippen molar-refractivity contribution in [1.29, 1.82) is 0 Å². The van der Waals surface area contributed by atoms with Gasteiger partial charge in [0.1, 0.15) is 11.9 Å². The van der Waals surface area contributed by atoms with Gasteiger partial charge in [-0.15, -0.1) is 0 Å². The first kappa shape index (κ1) is 36.2. The fourth-order valence-corrected chi connectivity index (χ4v) is 12.8. The molecule has 282 valence electrons. The first-order valence-corrected chi connectivity index (χ1v) is 22.2. The van der Waals surface area contributed by atoms with E-state index in [1.165, 1.54) is 44.5 Å². The lowest BCUT2D eigenvalue weighted by Crippen LogP contribution is -2.47. The number of hydrogen-bond donors (Lipinski definition) is 0. The van der Waals surface area contributed by atoms with Gasteiger partial charge in [-0.2, -0.15) is 0 Å². The summed E-state index contributed by atoms with van der Waals surface area (Å²) in [5, 5.41) is 2.50. The van der Waals surface area contributed by atoms with E-state index in [9.17, 15) is 0 Å². The van der Waals surface area contributed by atoms with Crippen LogP contribution >= 0.6 is 7.14 Å². The molecule has 0 saturated carbocycles. The molecule has 1 aliphatic heterocycles. The Morgan fingerprint density at radius 2 is 1.05 bits per heavy atom. The third-order valence-electron chi connectivity index (χ3n) is 12.8. The maximum atomic E-state index is 15.4. The molecule has 8 aromatic rings. The fourth-order valence-electron chi connectivity index (χ4n) is 10.1. The molecule has 2 nitrogen and oxygen atoms in total. The van der Waals surface area contributed by atoms with Crippen molar-refractivity contribution in [2.45, 2.75) is 43.6 Å². The Morgan fingerprint density at radius 3 is 1.74 bits per heavy atom. The molecular formula is C55H45O2P. The molecule has 3 heteroatoms. The van der Waals surface area contributed by atoms with E-state index in [1.54, 1.807) is 0 Å². The van der Waals surface area contributed by atoms with Crippen molar-refractivity contribution in [3.63, 3.8) is 0 Å². The third-order valence-corrected chi connectivity index (χ3v) is 15.9. The zero-order valence-electron chi connectivity index (χ0n) is 32.8. The highest BCUT2D eigenvalue weighted by molar-refractivity contribution is 7.85. The van der Waals surface area contributed by atoms with Crippen molar-refractivity contribution < 1.29 is 9.30 Å². The van der Waals surface area contributed by atoms with Crippen LogP contribution in [-0.4, -0.2) is 6.10 Å². The molecule has 2 aliphatic rings. The van der Waals surface area contributed by atoms with Gasteiger partial charge in [-0.25, -0.2) is 0 Å². The summed E-state index contributed by atoms with van der Waals surface area (Å²) in [4.78, 5) is 0. The Labute approximate surface area is 342 Å². The molecule has 0 bridgehead atoms. The molecule has 4 unspecified atom stereocenters. The van der Waals surface area contributed by atoms with Gasteiger partial charge in [-0.05, 0) is 81.5 Å². The van der Waals surface area contributed by atoms with Gasteiger partial charge in [0.05, 0.1) is 5.41 Å². The van der Waals surface area contributed by atoms with Gasteiger partial charge < -0.3 is 9.30 Å². The molecule has 0 saturated heterocycles. The number of hydrogen-bond acceptors (Lipinski definition) is 2. The quantitative estimate of drug-likeness (QED) is 0.144. The molecule has 0 radical (unpaired) electrons. The van der Waals surface area contributed by atoms with Crippen LogP contribution < -0.4 is 20.7 Å². The second-order valence-corrected chi connectivity index (χ2v) is 18.7. The molecule has 0 N–H and O–H groups in total. The SMILES string of the molecule is CCC1c2cccc(-c3ccc(-c4ccccc4)cc3)c2C2(C)c3ccccc3OC2C1c1cccc(-c2cccc(P(=O)(c3ccccc3)c3ccccc3)c2)c1. The number of para-hydroxylation sites is 1. The number of ether oxygens (including phenoxy) is 1. The smallest absolute Gasteiger partial charge is 0.171 e. The molecule has 1 heterocycles. The van der Waals surface area contributed by atoms with Crippen LogP contribution in [0.2, 0.25) is 0 Å². The highest BCUT2D eigenvalue weighted by Crippen LogP contribution is 2.62. The van der Waals surface area contributed by atoms with Crippen molar-refractivity contribution in [3.8, 4) is 39.1 Å². The van der Waals surface area contributed by atoms with Crippen LogP contribution in [0.4, 0.5) is 0 Å². The Bertz CT molecular complexity index is 2750. The number of fused-ring (bicyclic) bond motifs is 5. The van der Waals surface area contributed by atoms with Crippen LogP contribution in [0.15, 0.2) is 206 Å². The topological polar surface area (TPSA) is 26.3 Å². The van der Waals surface area contributed by atoms with E-state index in [4.69, 9.17) is 4.74 Å². The summed E-state index contributed by atoms with van der Waals surface area (Å²) in [6.07, 6.45) is 0.849. The standard InChI is InChI=1S/C55H45O2P/c1-3-47-49-29-17-28-48(40-34-32-39(33-35-40)38-18-7-4-8-19-38)53(49)55(2)50-30-13-14-31-51(50)57-54(55)52(47)43-22-15-20-41(36-43)42-21-16-27-46(37-42)58(56,44-23-9-5-10-24-44)45-25-11-6-12-26-45/h4-37,47,52,54H,3H2,1-2H3. The Balaban J connectivity index is 1.10. The van der Waals surface area contributed by atoms with Gasteiger partial charge in [0.15, 0.2) is 7.14 Å². The second kappa shape index (κ2) is 14.6. The Kier molecular flexibility index (Phi) is 9.12. The van der Waals surface area contributed by atoms with Gasteiger partial charge in [0.2, 0.25) is 0 Å². The zero-order valence-corrected chi connectivity index (χ0v) is 33.7. The van der Waals surface area contributed by atoms with Crippen molar-refractivity contribution in [2.24, 2.45) is 0 Å². The van der Waals surface area contributed by atoms with E-state index in [-0.39, 0.29) is 17.9 Å². The number of benzene rings is 8. The zero-order chi connectivity index (χ0) is 39.3. The lowest BCUT2D eigenvalue weighted by atomic mass is 9.56. The first-order chi connectivity index (χ1) is 28.5. The van der Waals surface area contributed by atoms with Crippen LogP contribution in [-0.2, 0) is 9.98 Å². The Hall–Kier alpha value is -6.21. The summed E-state index contributed by atoms with van der Waals surface area (Å²) in [6.45, 7) is 4.74. The van der Waals surface area contributed by atoms with Crippen LogP contribution in [0.3, 0.4) is 0 Å². The normalized spacial score (nSPS) is 19.4. The molecular weight excluding hydrogens is 724 g/mol. The summed E-state index contributed by atoms with van der Waals surface area (Å²) in [5.74, 6) is 1.29. The fraction of sp³-hybridized carbons (Fsp3) is 0.127. The Morgan fingerprint density at radius 1 is 0.517 bits per heavy atom. The van der Waals surface area contributed by atoms with Crippen LogP contribution in [0, 0.1) is 0 Å². The average Bonchev–Trinajstić information content (AvgIpc) is 3.61. The highest BCUT2D eigenvalue weighted by atomic mass is 31.2. The minimum Gasteiger partial charge on any atom is -0.488 e. The molecule has 10 rings (SSSR count). The highest BCUT2D eigenvalue weighted by Gasteiger charge is 2.57. The van der Waals surface area contributed by atoms with Crippen molar-refractivity contribution in [3.05, 3.63) is 229 Å². The summed E-state index contributed by atoms with van der Waals surface area (Å²) in [7, 11) is -3.14. The predicted octanol–water partition coefficient (Wildman–Crippen LogP) is 12.7. The van der Waals surface area contributed by atoms with E-state index >= 15 is 4.57 Å². The minimum atomic E-state index is -3.14.